The summed E-state index contributed by atoms with van der Waals surface area (Å²) in [6.07, 6.45) is 0.283. The van der Waals surface area contributed by atoms with Crippen LogP contribution in [0.25, 0.3) is 0 Å². The first-order valence-corrected chi connectivity index (χ1v) is 9.97. The van der Waals surface area contributed by atoms with Gasteiger partial charge in [0.1, 0.15) is 0 Å². The lowest BCUT2D eigenvalue weighted by Crippen LogP contribution is -2.52. The van der Waals surface area contributed by atoms with Crippen LogP contribution in [0, 0.1) is 13.8 Å². The zero-order valence-corrected chi connectivity index (χ0v) is 16.6. The van der Waals surface area contributed by atoms with Crippen molar-refractivity contribution in [3.05, 3.63) is 65.2 Å². The molecule has 5 heteroatoms. The van der Waals surface area contributed by atoms with Gasteiger partial charge in [-0.15, -0.1) is 0 Å². The maximum absolute atomic E-state index is 13.1. The number of anilines is 1. The molecule has 2 amide bonds. The first-order valence-electron chi connectivity index (χ1n) is 9.97. The Morgan fingerprint density at radius 3 is 2.32 bits per heavy atom. The van der Waals surface area contributed by atoms with Gasteiger partial charge in [-0.25, -0.2) is 4.90 Å². The molecule has 0 unspecified atom stereocenters. The maximum Gasteiger partial charge on any atom is 0.251 e. The molecule has 146 valence electrons. The average Bonchev–Trinajstić information content (AvgIpc) is 2.98. The molecule has 4 rings (SSSR count). The van der Waals surface area contributed by atoms with Crippen LogP contribution in [0.3, 0.4) is 0 Å². The number of piperazine rings is 1. The minimum absolute atomic E-state index is 0.0755. The lowest BCUT2D eigenvalue weighted by atomic mass is 10.1. The van der Waals surface area contributed by atoms with Gasteiger partial charge in [0.15, 0.2) is 0 Å². The Morgan fingerprint density at radius 2 is 1.64 bits per heavy atom. The summed E-state index contributed by atoms with van der Waals surface area (Å²) in [5.41, 5.74) is 4.14. The molecule has 2 saturated heterocycles. The lowest BCUT2D eigenvalue weighted by molar-refractivity contribution is -0.123. The Balaban J connectivity index is 1.41. The van der Waals surface area contributed by atoms with Crippen LogP contribution in [0.4, 0.5) is 5.69 Å². The van der Waals surface area contributed by atoms with Crippen LogP contribution in [-0.2, 0) is 16.1 Å². The molecule has 0 N–H and O–H groups in total. The molecule has 0 aliphatic carbocycles. The summed E-state index contributed by atoms with van der Waals surface area (Å²) >= 11 is 0. The van der Waals surface area contributed by atoms with Gasteiger partial charge in [0.2, 0.25) is 5.91 Å². The van der Waals surface area contributed by atoms with E-state index in [1.165, 1.54) is 10.5 Å². The van der Waals surface area contributed by atoms with Gasteiger partial charge in [0.25, 0.3) is 5.91 Å². The number of rotatable bonds is 4. The Kier molecular flexibility index (Phi) is 5.29. The Bertz CT molecular complexity index is 873. The van der Waals surface area contributed by atoms with Crippen LogP contribution in [-0.4, -0.2) is 53.8 Å². The second-order valence-corrected chi connectivity index (χ2v) is 7.87. The number of hydrogen-bond donors (Lipinski definition) is 0. The second-order valence-electron chi connectivity index (χ2n) is 7.87. The molecule has 1 atom stereocenters. The number of carbonyl (C=O) groups excluding carboxylic acids is 2. The molecule has 2 heterocycles. The van der Waals surface area contributed by atoms with E-state index >= 15 is 0 Å². The fraction of sp³-hybridized carbons (Fsp3) is 0.391. The Morgan fingerprint density at radius 1 is 0.929 bits per heavy atom. The van der Waals surface area contributed by atoms with E-state index in [0.29, 0.717) is 0 Å². The smallest absolute Gasteiger partial charge is 0.251 e. The third-order valence-corrected chi connectivity index (χ3v) is 5.81. The van der Waals surface area contributed by atoms with Gasteiger partial charge in [-0.3, -0.25) is 19.4 Å². The number of nitrogens with zero attached hydrogens (tertiary/aromatic N) is 3. The highest BCUT2D eigenvalue weighted by Gasteiger charge is 2.43. The molecule has 0 bridgehead atoms. The third-order valence-electron chi connectivity index (χ3n) is 5.81. The van der Waals surface area contributed by atoms with Crippen LogP contribution in [0.2, 0.25) is 0 Å². The van der Waals surface area contributed by atoms with E-state index in [4.69, 9.17) is 0 Å². The van der Waals surface area contributed by atoms with Crippen molar-refractivity contribution >= 4 is 17.5 Å². The molecule has 2 fully saturated rings. The van der Waals surface area contributed by atoms with E-state index in [9.17, 15) is 9.59 Å². The van der Waals surface area contributed by atoms with Crippen molar-refractivity contribution in [2.45, 2.75) is 32.9 Å². The van der Waals surface area contributed by atoms with Gasteiger partial charge in [-0.1, -0.05) is 48.0 Å². The van der Waals surface area contributed by atoms with Crippen molar-refractivity contribution in [3.8, 4) is 0 Å². The zero-order chi connectivity index (χ0) is 19.7. The predicted octanol–water partition coefficient (Wildman–Crippen LogP) is 2.75. The van der Waals surface area contributed by atoms with E-state index in [2.05, 4.69) is 34.1 Å². The monoisotopic (exact) mass is 377 g/mol. The molecule has 0 spiro atoms. The molecular weight excluding hydrogens is 350 g/mol. The van der Waals surface area contributed by atoms with Gasteiger partial charge in [-0.2, -0.15) is 0 Å². The lowest BCUT2D eigenvalue weighted by Gasteiger charge is -2.37. The largest absolute Gasteiger partial charge is 0.297 e. The van der Waals surface area contributed by atoms with E-state index < -0.39 is 0 Å². The van der Waals surface area contributed by atoms with Crippen molar-refractivity contribution in [2.24, 2.45) is 0 Å². The summed E-state index contributed by atoms with van der Waals surface area (Å²) in [7, 11) is 0. The highest BCUT2D eigenvalue weighted by molar-refractivity contribution is 6.22. The quantitative estimate of drug-likeness (QED) is 0.769. The Labute approximate surface area is 166 Å². The molecule has 5 nitrogen and oxygen atoms in total. The summed E-state index contributed by atoms with van der Waals surface area (Å²) in [5.74, 6) is -0.165. The number of carbonyl (C=O) groups is 2. The summed E-state index contributed by atoms with van der Waals surface area (Å²) in [5, 5.41) is 0. The number of aryl methyl sites for hydroxylation is 2. The summed E-state index contributed by atoms with van der Waals surface area (Å²) in [6, 6.07) is 16.0. The van der Waals surface area contributed by atoms with E-state index in [-0.39, 0.29) is 24.3 Å². The van der Waals surface area contributed by atoms with E-state index in [0.717, 1.165) is 49.5 Å². The molecule has 0 aromatic heterocycles. The molecule has 2 aliphatic rings. The number of amides is 2. The fourth-order valence-corrected chi connectivity index (χ4v) is 4.29. The van der Waals surface area contributed by atoms with Crippen molar-refractivity contribution < 1.29 is 9.59 Å². The van der Waals surface area contributed by atoms with Gasteiger partial charge < -0.3 is 0 Å². The SMILES string of the molecule is Cc1ccc(N2C(=O)C[C@@H](N3CCN(Cc4ccccc4)CC3)C2=O)c(C)c1. The van der Waals surface area contributed by atoms with Crippen molar-refractivity contribution in [1.29, 1.82) is 0 Å². The van der Waals surface area contributed by atoms with E-state index in [1.807, 2.05) is 38.1 Å². The molecule has 2 aromatic carbocycles. The predicted molar refractivity (Wildman–Crippen MR) is 110 cm³/mol. The van der Waals surface area contributed by atoms with Crippen molar-refractivity contribution in [3.63, 3.8) is 0 Å². The average molecular weight is 377 g/mol. The van der Waals surface area contributed by atoms with Crippen LogP contribution < -0.4 is 4.90 Å². The minimum Gasteiger partial charge on any atom is -0.297 e. The van der Waals surface area contributed by atoms with Crippen LogP contribution in [0.5, 0.6) is 0 Å². The molecular formula is C23H27N3O2. The topological polar surface area (TPSA) is 43.9 Å². The van der Waals surface area contributed by atoms with Gasteiger partial charge in [0.05, 0.1) is 18.2 Å². The first-order chi connectivity index (χ1) is 13.5. The molecule has 2 aromatic rings. The van der Waals surface area contributed by atoms with Gasteiger partial charge >= 0.3 is 0 Å². The number of benzene rings is 2. The molecule has 28 heavy (non-hydrogen) atoms. The minimum atomic E-state index is -0.327. The fourth-order valence-electron chi connectivity index (χ4n) is 4.29. The summed E-state index contributed by atoms with van der Waals surface area (Å²) in [4.78, 5) is 31.7. The van der Waals surface area contributed by atoms with Crippen LogP contribution in [0.1, 0.15) is 23.1 Å². The normalized spacial score (nSPS) is 21.5. The maximum atomic E-state index is 13.1. The van der Waals surface area contributed by atoms with Crippen molar-refractivity contribution in [1.82, 2.24) is 9.80 Å². The molecule has 0 saturated carbocycles. The molecule has 2 aliphatic heterocycles. The van der Waals surface area contributed by atoms with Crippen LogP contribution >= 0.6 is 0 Å². The van der Waals surface area contributed by atoms with Gasteiger partial charge in [-0.05, 0) is 31.0 Å². The highest BCUT2D eigenvalue weighted by atomic mass is 16.2. The number of hydrogen-bond acceptors (Lipinski definition) is 4. The number of imide groups is 1. The summed E-state index contributed by atoms with van der Waals surface area (Å²) < 4.78 is 0. The first kappa shape index (κ1) is 18.8. The summed E-state index contributed by atoms with van der Waals surface area (Å²) in [6.45, 7) is 8.36. The molecule has 0 radical (unpaired) electrons. The zero-order valence-electron chi connectivity index (χ0n) is 16.6. The second kappa shape index (κ2) is 7.86. The third kappa shape index (κ3) is 3.73. The van der Waals surface area contributed by atoms with Gasteiger partial charge in [0, 0.05) is 32.7 Å². The highest BCUT2D eigenvalue weighted by Crippen LogP contribution is 2.29. The van der Waals surface area contributed by atoms with Crippen LogP contribution in [0.15, 0.2) is 48.5 Å². The van der Waals surface area contributed by atoms with E-state index in [1.54, 1.807) is 0 Å². The van der Waals surface area contributed by atoms with Crippen molar-refractivity contribution in [2.75, 3.05) is 31.1 Å². The Hall–Kier alpha value is -2.50. The standard InChI is InChI=1S/C23H27N3O2/c1-17-8-9-20(18(2)14-17)26-22(27)15-21(23(26)28)25-12-10-24(11-13-25)16-19-6-4-3-5-7-19/h3-9,14,21H,10-13,15-16H2,1-2H3/t21-/m1/s1.